The van der Waals surface area contributed by atoms with Gasteiger partial charge in [-0.25, -0.2) is 4.79 Å². The number of benzene rings is 2. The standard InChI is InChI=1S/C26H34N2O3/c1-26(2,3)24(29)18-28(25(30)31-19-20-12-6-4-7-13-20)23-17-11-10-16-22(23)27-21-14-8-5-9-15-21/h4,6-7,10-13,16-17,21,27H,5,8-9,14-15,18-19H2,1-3H3. The lowest BCUT2D eigenvalue weighted by molar-refractivity contribution is -0.124. The molecule has 0 bridgehead atoms. The summed E-state index contributed by atoms with van der Waals surface area (Å²) in [6.45, 7) is 5.75. The fourth-order valence-corrected chi connectivity index (χ4v) is 3.72. The summed E-state index contributed by atoms with van der Waals surface area (Å²) >= 11 is 0. The highest BCUT2D eigenvalue weighted by Gasteiger charge is 2.29. The van der Waals surface area contributed by atoms with Crippen molar-refractivity contribution in [2.24, 2.45) is 5.41 Å². The Morgan fingerprint density at radius 1 is 0.968 bits per heavy atom. The highest BCUT2D eigenvalue weighted by Crippen LogP contribution is 2.31. The molecule has 166 valence electrons. The maximum absolute atomic E-state index is 13.1. The molecule has 0 aliphatic heterocycles. The molecule has 3 rings (SSSR count). The van der Waals surface area contributed by atoms with Crippen molar-refractivity contribution in [2.45, 2.75) is 65.5 Å². The third-order valence-electron chi connectivity index (χ3n) is 5.72. The number of rotatable bonds is 7. The van der Waals surface area contributed by atoms with E-state index in [1.807, 2.05) is 75.4 Å². The number of ketones is 1. The molecule has 0 unspecified atom stereocenters. The van der Waals surface area contributed by atoms with Crippen LogP contribution >= 0.6 is 0 Å². The first-order valence-corrected chi connectivity index (χ1v) is 11.2. The maximum Gasteiger partial charge on any atom is 0.415 e. The van der Waals surface area contributed by atoms with E-state index in [-0.39, 0.29) is 18.9 Å². The molecule has 1 saturated carbocycles. The molecule has 0 radical (unpaired) electrons. The van der Waals surface area contributed by atoms with Gasteiger partial charge in [0.2, 0.25) is 0 Å². The Balaban J connectivity index is 1.83. The minimum Gasteiger partial charge on any atom is -0.444 e. The molecule has 1 N–H and O–H groups in total. The third kappa shape index (κ3) is 6.58. The summed E-state index contributed by atoms with van der Waals surface area (Å²) in [5.41, 5.74) is 1.91. The summed E-state index contributed by atoms with van der Waals surface area (Å²) in [6.07, 6.45) is 5.43. The Hall–Kier alpha value is -2.82. The van der Waals surface area contributed by atoms with Crippen molar-refractivity contribution >= 4 is 23.3 Å². The van der Waals surface area contributed by atoms with Gasteiger partial charge in [-0.15, -0.1) is 0 Å². The van der Waals surface area contributed by atoms with E-state index in [4.69, 9.17) is 4.74 Å². The first-order chi connectivity index (χ1) is 14.8. The normalized spacial score (nSPS) is 14.7. The van der Waals surface area contributed by atoms with E-state index in [2.05, 4.69) is 5.32 Å². The summed E-state index contributed by atoms with van der Waals surface area (Å²) < 4.78 is 5.61. The molecule has 0 aromatic heterocycles. The van der Waals surface area contributed by atoms with Crippen molar-refractivity contribution in [3.8, 4) is 0 Å². The molecule has 5 heteroatoms. The molecular formula is C26H34N2O3. The summed E-state index contributed by atoms with van der Waals surface area (Å²) in [7, 11) is 0. The van der Waals surface area contributed by atoms with Crippen LogP contribution in [0.4, 0.5) is 16.2 Å². The van der Waals surface area contributed by atoms with Crippen molar-refractivity contribution in [2.75, 3.05) is 16.8 Å². The van der Waals surface area contributed by atoms with E-state index in [0.29, 0.717) is 11.7 Å². The van der Waals surface area contributed by atoms with Gasteiger partial charge in [0.15, 0.2) is 5.78 Å². The fraction of sp³-hybridized carbons (Fsp3) is 0.462. The second-order valence-corrected chi connectivity index (χ2v) is 9.30. The average Bonchev–Trinajstić information content (AvgIpc) is 2.77. The molecular weight excluding hydrogens is 388 g/mol. The molecule has 0 spiro atoms. The topological polar surface area (TPSA) is 58.6 Å². The summed E-state index contributed by atoms with van der Waals surface area (Å²) in [6, 6.07) is 17.7. The number of Topliss-reactive ketones (excluding diaryl/α,β-unsaturated/α-hetero) is 1. The number of hydrogen-bond donors (Lipinski definition) is 1. The van der Waals surface area contributed by atoms with Gasteiger partial charge in [0.05, 0.1) is 17.9 Å². The average molecular weight is 423 g/mol. The molecule has 2 aromatic rings. The number of para-hydroxylation sites is 2. The van der Waals surface area contributed by atoms with Gasteiger partial charge in [0, 0.05) is 11.5 Å². The van der Waals surface area contributed by atoms with Crippen LogP contribution in [0.15, 0.2) is 54.6 Å². The molecule has 0 saturated heterocycles. The summed E-state index contributed by atoms with van der Waals surface area (Å²) in [5, 5.41) is 3.61. The molecule has 1 amide bonds. The maximum atomic E-state index is 13.1. The van der Waals surface area contributed by atoms with Gasteiger partial charge in [-0.2, -0.15) is 0 Å². The molecule has 5 nitrogen and oxygen atoms in total. The van der Waals surface area contributed by atoms with Gasteiger partial charge in [-0.05, 0) is 30.5 Å². The number of ether oxygens (including phenoxy) is 1. The smallest absolute Gasteiger partial charge is 0.415 e. The van der Waals surface area contributed by atoms with Gasteiger partial charge in [-0.3, -0.25) is 9.69 Å². The quantitative estimate of drug-likeness (QED) is 0.578. The van der Waals surface area contributed by atoms with E-state index in [1.54, 1.807) is 0 Å². The van der Waals surface area contributed by atoms with Crippen LogP contribution in [0.25, 0.3) is 0 Å². The zero-order chi connectivity index (χ0) is 22.3. The van der Waals surface area contributed by atoms with Crippen molar-refractivity contribution in [3.63, 3.8) is 0 Å². The first kappa shape index (κ1) is 22.9. The number of nitrogens with zero attached hydrogens (tertiary/aromatic N) is 1. The second kappa shape index (κ2) is 10.5. The number of hydrogen-bond acceptors (Lipinski definition) is 4. The van der Waals surface area contributed by atoms with E-state index in [9.17, 15) is 9.59 Å². The minimum absolute atomic E-state index is 0.0170. The molecule has 1 aliphatic carbocycles. The zero-order valence-corrected chi connectivity index (χ0v) is 18.9. The van der Waals surface area contributed by atoms with Crippen LogP contribution < -0.4 is 10.2 Å². The van der Waals surface area contributed by atoms with Crippen molar-refractivity contribution in [3.05, 3.63) is 60.2 Å². The van der Waals surface area contributed by atoms with Crippen LogP contribution in [0.1, 0.15) is 58.4 Å². The monoisotopic (exact) mass is 422 g/mol. The lowest BCUT2D eigenvalue weighted by atomic mass is 9.90. The lowest BCUT2D eigenvalue weighted by Crippen LogP contribution is -2.40. The summed E-state index contributed by atoms with van der Waals surface area (Å²) in [5.74, 6) is -0.0170. The number of carbonyl (C=O) groups is 2. The van der Waals surface area contributed by atoms with Gasteiger partial charge in [0.1, 0.15) is 6.61 Å². The predicted molar refractivity (Wildman–Crippen MR) is 125 cm³/mol. The number of anilines is 2. The molecule has 1 aliphatic rings. The highest BCUT2D eigenvalue weighted by molar-refractivity contribution is 5.99. The van der Waals surface area contributed by atoms with Crippen LogP contribution in [0.5, 0.6) is 0 Å². The van der Waals surface area contributed by atoms with Gasteiger partial charge < -0.3 is 10.1 Å². The Bertz CT molecular complexity index is 868. The van der Waals surface area contributed by atoms with Crippen LogP contribution in [0.2, 0.25) is 0 Å². The van der Waals surface area contributed by atoms with Crippen molar-refractivity contribution in [1.29, 1.82) is 0 Å². The van der Waals surface area contributed by atoms with E-state index in [0.717, 1.165) is 24.1 Å². The Labute approximate surface area is 185 Å². The number of nitrogens with one attached hydrogen (secondary N) is 1. The minimum atomic E-state index is -0.552. The predicted octanol–water partition coefficient (Wildman–Crippen LogP) is 6.19. The molecule has 31 heavy (non-hydrogen) atoms. The third-order valence-corrected chi connectivity index (χ3v) is 5.72. The van der Waals surface area contributed by atoms with E-state index >= 15 is 0 Å². The van der Waals surface area contributed by atoms with Gasteiger partial charge in [0.25, 0.3) is 0 Å². The first-order valence-electron chi connectivity index (χ1n) is 11.2. The number of carbonyl (C=O) groups excluding carboxylic acids is 2. The SMILES string of the molecule is CC(C)(C)C(=O)CN(C(=O)OCc1ccccc1)c1ccccc1NC1CCCCC1. The zero-order valence-electron chi connectivity index (χ0n) is 18.9. The Kier molecular flexibility index (Phi) is 7.72. The Morgan fingerprint density at radius 3 is 2.29 bits per heavy atom. The largest absolute Gasteiger partial charge is 0.444 e. The fourth-order valence-electron chi connectivity index (χ4n) is 3.72. The van der Waals surface area contributed by atoms with Crippen LogP contribution in [0, 0.1) is 5.41 Å². The van der Waals surface area contributed by atoms with Crippen molar-refractivity contribution in [1.82, 2.24) is 0 Å². The number of amides is 1. The highest BCUT2D eigenvalue weighted by atomic mass is 16.6. The van der Waals surface area contributed by atoms with Gasteiger partial charge in [-0.1, -0.05) is 82.5 Å². The van der Waals surface area contributed by atoms with E-state index in [1.165, 1.54) is 24.2 Å². The van der Waals surface area contributed by atoms with E-state index < -0.39 is 11.5 Å². The van der Waals surface area contributed by atoms with Crippen LogP contribution in [-0.4, -0.2) is 24.5 Å². The molecule has 1 fully saturated rings. The van der Waals surface area contributed by atoms with Crippen LogP contribution in [-0.2, 0) is 16.1 Å². The molecule has 0 atom stereocenters. The van der Waals surface area contributed by atoms with Crippen LogP contribution in [0.3, 0.4) is 0 Å². The Morgan fingerprint density at radius 2 is 1.61 bits per heavy atom. The summed E-state index contributed by atoms with van der Waals surface area (Å²) in [4.78, 5) is 27.5. The lowest BCUT2D eigenvalue weighted by Gasteiger charge is -2.30. The molecule has 0 heterocycles. The van der Waals surface area contributed by atoms with Gasteiger partial charge >= 0.3 is 6.09 Å². The van der Waals surface area contributed by atoms with Crippen molar-refractivity contribution < 1.29 is 14.3 Å². The second-order valence-electron chi connectivity index (χ2n) is 9.30. The molecule has 2 aromatic carbocycles.